The molecule has 0 radical (unpaired) electrons. The van der Waals surface area contributed by atoms with Crippen LogP contribution in [0.1, 0.15) is 29.8 Å². The summed E-state index contributed by atoms with van der Waals surface area (Å²) in [7, 11) is 0. The number of H-pyrrole nitrogens is 1. The Labute approximate surface area is 164 Å². The summed E-state index contributed by atoms with van der Waals surface area (Å²) >= 11 is 3.28. The van der Waals surface area contributed by atoms with Crippen molar-refractivity contribution in [1.29, 1.82) is 0 Å². The van der Waals surface area contributed by atoms with Crippen LogP contribution in [0.25, 0.3) is 10.9 Å². The number of rotatable bonds is 6. The molecular weight excluding hydrogens is 415 g/mol. The molecule has 3 aromatic rings. The second-order valence-electron chi connectivity index (χ2n) is 6.35. The first-order valence-electron chi connectivity index (χ1n) is 8.39. The summed E-state index contributed by atoms with van der Waals surface area (Å²) in [5.74, 6) is -2.19. The zero-order chi connectivity index (χ0) is 19.6. The maximum atomic E-state index is 14.6. The molecule has 0 aliphatic heterocycles. The van der Waals surface area contributed by atoms with Gasteiger partial charge in [0.05, 0.1) is 16.5 Å². The maximum Gasteiger partial charge on any atom is 0.292 e. The number of fused-ring (bicyclic) bond motifs is 1. The number of carbonyl (C=O) groups is 2. The molecule has 2 N–H and O–H groups in total. The fourth-order valence-electron chi connectivity index (χ4n) is 2.72. The quantitative estimate of drug-likeness (QED) is 0.449. The van der Waals surface area contributed by atoms with Gasteiger partial charge in [0.2, 0.25) is 0 Å². The normalized spacial score (nSPS) is 11.0. The average molecular weight is 433 g/mol. The predicted molar refractivity (Wildman–Crippen MR) is 104 cm³/mol. The maximum absolute atomic E-state index is 14.6. The van der Waals surface area contributed by atoms with Gasteiger partial charge in [-0.3, -0.25) is 9.59 Å². The summed E-state index contributed by atoms with van der Waals surface area (Å²) in [6, 6.07) is 10.4. The van der Waals surface area contributed by atoms with E-state index in [1.54, 1.807) is 13.8 Å². The molecule has 0 aliphatic carbocycles. The first-order chi connectivity index (χ1) is 12.9. The van der Waals surface area contributed by atoms with Crippen LogP contribution in [0.2, 0.25) is 0 Å². The number of halogens is 2. The Morgan fingerprint density at radius 1 is 1.26 bits per heavy atom. The van der Waals surface area contributed by atoms with Gasteiger partial charge in [0.1, 0.15) is 6.61 Å². The van der Waals surface area contributed by atoms with E-state index in [4.69, 9.17) is 4.74 Å². The Balaban J connectivity index is 2.03. The minimum atomic E-state index is -0.753. The number of carbonyl (C=O) groups excluding carboxylic acids is 2. The van der Waals surface area contributed by atoms with Crippen molar-refractivity contribution < 1.29 is 18.7 Å². The van der Waals surface area contributed by atoms with Crippen LogP contribution in [0.4, 0.5) is 4.39 Å². The molecule has 0 atom stereocenters. The molecule has 0 saturated carbocycles. The lowest BCUT2D eigenvalue weighted by molar-refractivity contribution is -0.117. The van der Waals surface area contributed by atoms with Crippen LogP contribution in [0.15, 0.2) is 47.1 Å². The van der Waals surface area contributed by atoms with Gasteiger partial charge < -0.3 is 15.0 Å². The molecule has 140 valence electrons. The van der Waals surface area contributed by atoms with Crippen LogP contribution in [0.5, 0.6) is 5.75 Å². The number of nitrogens with one attached hydrogen (secondary N) is 2. The highest BCUT2D eigenvalue weighted by molar-refractivity contribution is 9.10. The Hall–Kier alpha value is -2.67. The fraction of sp³-hybridized carbons (Fsp3) is 0.200. The van der Waals surface area contributed by atoms with Gasteiger partial charge in [0.15, 0.2) is 11.6 Å². The van der Waals surface area contributed by atoms with E-state index in [-0.39, 0.29) is 29.3 Å². The van der Waals surface area contributed by atoms with Gasteiger partial charge in [0, 0.05) is 16.7 Å². The van der Waals surface area contributed by atoms with E-state index in [1.807, 2.05) is 30.3 Å². The van der Waals surface area contributed by atoms with E-state index in [9.17, 15) is 14.0 Å². The third-order valence-electron chi connectivity index (χ3n) is 3.91. The SMILES string of the molecule is CC(C)NC(=O)C(=O)c1c[nH]c2c(Br)cc(F)c(OCc3ccccc3)c12. The van der Waals surface area contributed by atoms with E-state index in [0.29, 0.717) is 9.99 Å². The highest BCUT2D eigenvalue weighted by atomic mass is 79.9. The van der Waals surface area contributed by atoms with Crippen molar-refractivity contribution in [2.75, 3.05) is 0 Å². The van der Waals surface area contributed by atoms with Crippen molar-refractivity contribution in [2.24, 2.45) is 0 Å². The number of aromatic amines is 1. The number of hydrogen-bond acceptors (Lipinski definition) is 3. The number of Topliss-reactive ketones (excluding diaryl/α,β-unsaturated/α-hetero) is 1. The molecule has 1 aromatic heterocycles. The zero-order valence-electron chi connectivity index (χ0n) is 14.8. The predicted octanol–water partition coefficient (Wildman–Crippen LogP) is 4.36. The van der Waals surface area contributed by atoms with E-state index in [2.05, 4.69) is 26.2 Å². The van der Waals surface area contributed by atoms with Gasteiger partial charge in [-0.25, -0.2) is 4.39 Å². The molecule has 7 heteroatoms. The molecule has 0 saturated heterocycles. The summed E-state index contributed by atoms with van der Waals surface area (Å²) in [5.41, 5.74) is 1.40. The van der Waals surface area contributed by atoms with Crippen molar-refractivity contribution in [3.05, 3.63) is 64.0 Å². The average Bonchev–Trinajstić information content (AvgIpc) is 3.06. The molecule has 27 heavy (non-hydrogen) atoms. The van der Waals surface area contributed by atoms with E-state index in [1.165, 1.54) is 12.3 Å². The molecule has 0 spiro atoms. The van der Waals surface area contributed by atoms with Crippen LogP contribution in [-0.2, 0) is 11.4 Å². The smallest absolute Gasteiger partial charge is 0.292 e. The number of hydrogen-bond donors (Lipinski definition) is 2. The molecule has 0 fully saturated rings. The van der Waals surface area contributed by atoms with Crippen molar-refractivity contribution in [3.8, 4) is 5.75 Å². The minimum absolute atomic E-state index is 0.0615. The zero-order valence-corrected chi connectivity index (χ0v) is 16.4. The molecular formula is C20H18BrFN2O3. The third kappa shape index (κ3) is 4.03. The van der Waals surface area contributed by atoms with Crippen LogP contribution < -0.4 is 10.1 Å². The van der Waals surface area contributed by atoms with Gasteiger partial charge >= 0.3 is 0 Å². The number of benzene rings is 2. The number of amides is 1. The Bertz CT molecular complexity index is 999. The molecule has 0 aliphatic rings. The van der Waals surface area contributed by atoms with Crippen LogP contribution in [0, 0.1) is 5.82 Å². The summed E-state index contributed by atoms with van der Waals surface area (Å²) in [4.78, 5) is 27.6. The van der Waals surface area contributed by atoms with Gasteiger partial charge in [0.25, 0.3) is 11.7 Å². The molecule has 0 bridgehead atoms. The first kappa shape index (κ1) is 19.1. The summed E-state index contributed by atoms with van der Waals surface area (Å²) in [5, 5.41) is 2.79. The minimum Gasteiger partial charge on any atom is -0.485 e. The van der Waals surface area contributed by atoms with Crippen molar-refractivity contribution in [2.45, 2.75) is 26.5 Å². The fourth-order valence-corrected chi connectivity index (χ4v) is 3.23. The second-order valence-corrected chi connectivity index (χ2v) is 7.21. The Morgan fingerprint density at radius 3 is 2.63 bits per heavy atom. The van der Waals surface area contributed by atoms with E-state index >= 15 is 0 Å². The highest BCUT2D eigenvalue weighted by Crippen LogP contribution is 2.37. The van der Waals surface area contributed by atoms with Crippen molar-refractivity contribution in [3.63, 3.8) is 0 Å². The van der Waals surface area contributed by atoms with Crippen LogP contribution in [-0.4, -0.2) is 22.7 Å². The molecule has 1 amide bonds. The van der Waals surface area contributed by atoms with Crippen LogP contribution >= 0.6 is 15.9 Å². The molecule has 5 nitrogen and oxygen atoms in total. The van der Waals surface area contributed by atoms with E-state index in [0.717, 1.165) is 5.56 Å². The molecule has 1 heterocycles. The Morgan fingerprint density at radius 2 is 1.96 bits per heavy atom. The highest BCUT2D eigenvalue weighted by Gasteiger charge is 2.25. The van der Waals surface area contributed by atoms with E-state index < -0.39 is 17.5 Å². The van der Waals surface area contributed by atoms with Crippen molar-refractivity contribution in [1.82, 2.24) is 10.3 Å². The summed E-state index contributed by atoms with van der Waals surface area (Å²) in [6.07, 6.45) is 1.40. The lowest BCUT2D eigenvalue weighted by atomic mass is 10.1. The van der Waals surface area contributed by atoms with Gasteiger partial charge in [-0.05, 0) is 41.4 Å². The number of ketones is 1. The standard InChI is InChI=1S/C20H18BrFN2O3/c1-11(2)24-20(26)18(25)13-9-23-17-14(21)8-15(22)19(16(13)17)27-10-12-6-4-3-5-7-12/h3-9,11,23H,10H2,1-2H3,(H,24,26). The topological polar surface area (TPSA) is 71.2 Å². The van der Waals surface area contributed by atoms with Crippen molar-refractivity contribution >= 4 is 38.5 Å². The third-order valence-corrected chi connectivity index (χ3v) is 4.54. The molecule has 3 rings (SSSR count). The largest absolute Gasteiger partial charge is 0.485 e. The van der Waals surface area contributed by atoms with Gasteiger partial charge in [-0.1, -0.05) is 30.3 Å². The lowest BCUT2D eigenvalue weighted by Gasteiger charge is -2.12. The summed E-state index contributed by atoms with van der Waals surface area (Å²) < 4.78 is 20.8. The summed E-state index contributed by atoms with van der Waals surface area (Å²) in [6.45, 7) is 3.64. The monoisotopic (exact) mass is 432 g/mol. The Kier molecular flexibility index (Phi) is 5.60. The van der Waals surface area contributed by atoms with Gasteiger partial charge in [-0.15, -0.1) is 0 Å². The molecule has 0 unspecified atom stereocenters. The van der Waals surface area contributed by atoms with Gasteiger partial charge in [-0.2, -0.15) is 0 Å². The second kappa shape index (κ2) is 7.92. The number of ether oxygens (including phenoxy) is 1. The molecule has 2 aromatic carbocycles. The lowest BCUT2D eigenvalue weighted by Crippen LogP contribution is -2.35. The van der Waals surface area contributed by atoms with Crippen LogP contribution in [0.3, 0.4) is 0 Å². The first-order valence-corrected chi connectivity index (χ1v) is 9.18. The number of aromatic nitrogens is 1.